The van der Waals surface area contributed by atoms with Crippen molar-refractivity contribution in [1.29, 1.82) is 0 Å². The molecule has 0 amide bonds. The fraction of sp³-hybridized carbons (Fsp3) is 0.471. The molecule has 1 N–H and O–H groups in total. The Balaban J connectivity index is 1.57. The zero-order valence-electron chi connectivity index (χ0n) is 14.2. The maximum atomic E-state index is 12.9. The van der Waals surface area contributed by atoms with Crippen molar-refractivity contribution in [2.75, 3.05) is 13.1 Å². The maximum Gasteiger partial charge on any atom is 0.241 e. The Bertz CT molecular complexity index is 1030. The fourth-order valence-corrected chi connectivity index (χ4v) is 6.87. The number of sulfonamides is 2. The summed E-state index contributed by atoms with van der Waals surface area (Å²) in [6.45, 7) is 0.668. The molecular formula is C17H21N3O4S2. The molecule has 2 aliphatic rings. The number of piperidine rings is 1. The van der Waals surface area contributed by atoms with Gasteiger partial charge in [-0.3, -0.25) is 4.98 Å². The number of hydrogen-bond acceptors (Lipinski definition) is 5. The molecule has 140 valence electrons. The number of fused-ring (bicyclic) bond motifs is 1. The van der Waals surface area contributed by atoms with E-state index in [1.807, 2.05) is 6.07 Å². The number of nitrogens with one attached hydrogen (secondary N) is 1. The lowest BCUT2D eigenvalue weighted by Crippen LogP contribution is -2.50. The second-order valence-corrected chi connectivity index (χ2v) is 10.8. The molecule has 7 nitrogen and oxygen atoms in total. The van der Waals surface area contributed by atoms with Crippen LogP contribution in [0.4, 0.5) is 0 Å². The summed E-state index contributed by atoms with van der Waals surface area (Å²) in [4.78, 5) is 4.22. The summed E-state index contributed by atoms with van der Waals surface area (Å²) in [7, 11) is -7.05. The van der Waals surface area contributed by atoms with Gasteiger partial charge in [0, 0.05) is 42.3 Å². The minimum Gasteiger partial charge on any atom is -0.264 e. The number of hydrogen-bond donors (Lipinski definition) is 1. The number of pyridine rings is 1. The Morgan fingerprint density at radius 1 is 1.08 bits per heavy atom. The Kier molecular flexibility index (Phi) is 4.50. The van der Waals surface area contributed by atoms with E-state index in [4.69, 9.17) is 0 Å². The average Bonchev–Trinajstić information content (AvgIpc) is 3.47. The van der Waals surface area contributed by atoms with Crippen molar-refractivity contribution in [3.8, 4) is 0 Å². The van der Waals surface area contributed by atoms with E-state index in [1.165, 1.54) is 4.31 Å². The van der Waals surface area contributed by atoms with E-state index in [-0.39, 0.29) is 16.7 Å². The lowest BCUT2D eigenvalue weighted by molar-refractivity contribution is 0.303. The number of rotatable bonds is 5. The van der Waals surface area contributed by atoms with Crippen molar-refractivity contribution in [3.05, 3.63) is 36.7 Å². The summed E-state index contributed by atoms with van der Waals surface area (Å²) < 4.78 is 54.9. The summed E-state index contributed by atoms with van der Waals surface area (Å²) in [5.41, 5.74) is 0. The summed E-state index contributed by atoms with van der Waals surface area (Å²) >= 11 is 0. The molecule has 2 heterocycles. The van der Waals surface area contributed by atoms with E-state index in [9.17, 15) is 16.8 Å². The molecule has 2 aromatic rings. The van der Waals surface area contributed by atoms with E-state index in [1.54, 1.807) is 30.6 Å². The van der Waals surface area contributed by atoms with Crippen molar-refractivity contribution in [3.63, 3.8) is 0 Å². The third-order valence-electron chi connectivity index (χ3n) is 4.94. The van der Waals surface area contributed by atoms with Gasteiger partial charge >= 0.3 is 0 Å². The van der Waals surface area contributed by atoms with E-state index in [0.717, 1.165) is 5.39 Å². The second kappa shape index (κ2) is 6.56. The lowest BCUT2D eigenvalue weighted by Gasteiger charge is -2.32. The van der Waals surface area contributed by atoms with Gasteiger partial charge < -0.3 is 0 Å². The molecule has 1 aromatic carbocycles. The van der Waals surface area contributed by atoms with Crippen LogP contribution in [0, 0.1) is 0 Å². The van der Waals surface area contributed by atoms with Crippen LogP contribution in [0.5, 0.6) is 0 Å². The van der Waals surface area contributed by atoms with Crippen LogP contribution in [0.1, 0.15) is 25.7 Å². The first-order chi connectivity index (χ1) is 12.4. The maximum absolute atomic E-state index is 12.9. The molecule has 2 fully saturated rings. The zero-order chi connectivity index (χ0) is 18.4. The average molecular weight is 396 g/mol. The highest BCUT2D eigenvalue weighted by Gasteiger charge is 2.42. The van der Waals surface area contributed by atoms with Gasteiger partial charge in [-0.15, -0.1) is 0 Å². The third kappa shape index (κ3) is 3.36. The van der Waals surface area contributed by atoms with Crippen LogP contribution in [0.2, 0.25) is 0 Å². The minimum absolute atomic E-state index is 0.194. The van der Waals surface area contributed by atoms with Crippen LogP contribution in [0.3, 0.4) is 0 Å². The van der Waals surface area contributed by atoms with Gasteiger partial charge in [0.1, 0.15) is 0 Å². The normalized spacial score (nSPS) is 22.5. The summed E-state index contributed by atoms with van der Waals surface area (Å²) in [5, 5.41) is 1.08. The molecule has 1 aliphatic carbocycles. The Morgan fingerprint density at radius 2 is 1.88 bits per heavy atom. The molecule has 1 atom stereocenters. The van der Waals surface area contributed by atoms with Crippen LogP contribution in [0.15, 0.2) is 41.6 Å². The Hall–Kier alpha value is -1.55. The van der Waals surface area contributed by atoms with E-state index < -0.39 is 26.1 Å². The first-order valence-electron chi connectivity index (χ1n) is 8.72. The predicted octanol–water partition coefficient (Wildman–Crippen LogP) is 1.47. The molecule has 0 unspecified atom stereocenters. The van der Waals surface area contributed by atoms with Gasteiger partial charge in [-0.25, -0.2) is 25.9 Å². The zero-order valence-corrected chi connectivity index (χ0v) is 15.8. The van der Waals surface area contributed by atoms with Crippen molar-refractivity contribution in [2.24, 2.45) is 0 Å². The highest BCUT2D eigenvalue weighted by Crippen LogP contribution is 2.32. The predicted molar refractivity (Wildman–Crippen MR) is 98.6 cm³/mol. The molecule has 1 aliphatic heterocycles. The largest absolute Gasteiger partial charge is 0.264 e. The molecular weight excluding hydrogens is 374 g/mol. The molecule has 1 aromatic heterocycles. The quantitative estimate of drug-likeness (QED) is 0.827. The molecule has 26 heavy (non-hydrogen) atoms. The fourth-order valence-electron chi connectivity index (χ4n) is 3.46. The number of aromatic nitrogens is 1. The Morgan fingerprint density at radius 3 is 2.65 bits per heavy atom. The molecule has 0 spiro atoms. The standard InChI is InChI=1S/C17H21N3O4S2/c21-25(22,17-5-1-3-13-11-18-9-8-16(13)17)19-14-4-2-10-20(12-14)26(23,24)15-6-7-15/h1,3,5,8-9,11,14-15,19H,2,4,6-7,10,12H2/t14-/m1/s1. The topological polar surface area (TPSA) is 96.4 Å². The minimum atomic E-state index is -3.76. The molecule has 4 rings (SSSR count). The number of benzene rings is 1. The highest BCUT2D eigenvalue weighted by atomic mass is 32.2. The van der Waals surface area contributed by atoms with Gasteiger partial charge in [-0.1, -0.05) is 12.1 Å². The van der Waals surface area contributed by atoms with E-state index >= 15 is 0 Å². The van der Waals surface area contributed by atoms with Gasteiger partial charge in [-0.05, 0) is 37.8 Å². The second-order valence-electron chi connectivity index (χ2n) is 6.92. The molecule has 9 heteroatoms. The first-order valence-corrected chi connectivity index (χ1v) is 11.7. The molecule has 1 saturated heterocycles. The third-order valence-corrected chi connectivity index (χ3v) is 8.89. The van der Waals surface area contributed by atoms with Crippen molar-refractivity contribution < 1.29 is 16.8 Å². The van der Waals surface area contributed by atoms with Gasteiger partial charge in [0.25, 0.3) is 0 Å². The van der Waals surface area contributed by atoms with Gasteiger partial charge in [0.05, 0.1) is 10.1 Å². The Labute approximate surface area is 153 Å². The van der Waals surface area contributed by atoms with Crippen LogP contribution in [0.25, 0.3) is 10.8 Å². The van der Waals surface area contributed by atoms with Crippen molar-refractivity contribution in [1.82, 2.24) is 14.0 Å². The van der Waals surface area contributed by atoms with Crippen molar-refractivity contribution >= 4 is 30.8 Å². The van der Waals surface area contributed by atoms with Crippen LogP contribution in [-0.4, -0.2) is 50.5 Å². The lowest BCUT2D eigenvalue weighted by atomic mass is 10.1. The first kappa shape index (κ1) is 17.8. The summed E-state index contributed by atoms with van der Waals surface area (Å²) in [6, 6.07) is 6.31. The smallest absolute Gasteiger partial charge is 0.241 e. The van der Waals surface area contributed by atoms with Crippen LogP contribution < -0.4 is 4.72 Å². The van der Waals surface area contributed by atoms with Gasteiger partial charge in [0.2, 0.25) is 20.0 Å². The van der Waals surface area contributed by atoms with Gasteiger partial charge in [0.15, 0.2) is 0 Å². The van der Waals surface area contributed by atoms with Gasteiger partial charge in [-0.2, -0.15) is 0 Å². The monoisotopic (exact) mass is 395 g/mol. The van der Waals surface area contributed by atoms with Crippen LogP contribution >= 0.6 is 0 Å². The van der Waals surface area contributed by atoms with E-state index in [0.29, 0.717) is 37.6 Å². The highest BCUT2D eigenvalue weighted by molar-refractivity contribution is 7.90. The number of nitrogens with zero attached hydrogens (tertiary/aromatic N) is 2. The molecule has 0 radical (unpaired) electrons. The molecule has 0 bridgehead atoms. The summed E-state index contributed by atoms with van der Waals surface area (Å²) in [5.74, 6) is 0. The van der Waals surface area contributed by atoms with E-state index in [2.05, 4.69) is 9.71 Å². The molecule has 1 saturated carbocycles. The summed E-state index contributed by atoms with van der Waals surface area (Å²) in [6.07, 6.45) is 5.88. The SMILES string of the molecule is O=S(=O)(N[C@@H]1CCCN(S(=O)(=O)C2CC2)C1)c1cccc2cnccc12. The van der Waals surface area contributed by atoms with Crippen molar-refractivity contribution in [2.45, 2.75) is 41.9 Å². The van der Waals surface area contributed by atoms with Crippen LogP contribution in [-0.2, 0) is 20.0 Å².